The summed E-state index contributed by atoms with van der Waals surface area (Å²) in [5.74, 6) is -0.187. The number of aryl methyl sites for hydroxylation is 1. The molecule has 0 amide bonds. The minimum atomic E-state index is -0.574. The molecule has 3 rings (SSSR count). The first-order valence-corrected chi connectivity index (χ1v) is 6.96. The summed E-state index contributed by atoms with van der Waals surface area (Å²) in [6, 6.07) is 10.7. The van der Waals surface area contributed by atoms with Crippen LogP contribution in [0.2, 0.25) is 5.02 Å². The molecular weight excluding hydrogens is 302 g/mol. The van der Waals surface area contributed by atoms with E-state index >= 15 is 0 Å². The van der Waals surface area contributed by atoms with Crippen LogP contribution < -0.4 is 16.0 Å². The van der Waals surface area contributed by atoms with E-state index in [4.69, 9.17) is 22.1 Å². The zero-order chi connectivity index (χ0) is 15.9. The van der Waals surface area contributed by atoms with Crippen LogP contribution >= 0.6 is 11.6 Å². The van der Waals surface area contributed by atoms with Crippen molar-refractivity contribution in [1.82, 2.24) is 4.98 Å². The number of pyridine rings is 1. The summed E-state index contributed by atoms with van der Waals surface area (Å²) >= 11 is 5.91. The van der Waals surface area contributed by atoms with E-state index in [1.54, 1.807) is 37.3 Å². The highest BCUT2D eigenvalue weighted by molar-refractivity contribution is 6.30. The van der Waals surface area contributed by atoms with E-state index in [1.807, 2.05) is 6.07 Å². The van der Waals surface area contributed by atoms with Crippen LogP contribution in [0.15, 0.2) is 46.6 Å². The molecule has 110 valence electrons. The zero-order valence-corrected chi connectivity index (χ0v) is 12.4. The maximum Gasteiger partial charge on any atom is 0.256 e. The lowest BCUT2D eigenvalue weighted by atomic mass is 9.84. The Morgan fingerprint density at radius 1 is 1.36 bits per heavy atom. The Morgan fingerprint density at radius 3 is 2.68 bits per heavy atom. The Kier molecular flexibility index (Phi) is 3.39. The number of nitrogens with zero attached hydrogens (tertiary/aromatic N) is 1. The molecule has 1 aromatic heterocycles. The first-order valence-electron chi connectivity index (χ1n) is 6.58. The number of H-pyrrole nitrogens is 1. The molecule has 0 saturated heterocycles. The van der Waals surface area contributed by atoms with Crippen molar-refractivity contribution in [3.05, 3.63) is 74.0 Å². The fraction of sp³-hybridized carbons (Fsp3) is 0.125. The van der Waals surface area contributed by atoms with Gasteiger partial charge in [0, 0.05) is 16.8 Å². The number of nitrogens with one attached hydrogen (secondary N) is 1. The number of halogens is 1. The van der Waals surface area contributed by atoms with Gasteiger partial charge in [-0.05, 0) is 24.6 Å². The lowest BCUT2D eigenvalue weighted by molar-refractivity contribution is 0.391. The predicted octanol–water partition coefficient (Wildman–Crippen LogP) is 2.55. The molecule has 6 heteroatoms. The number of nitrogens with two attached hydrogens (primary N) is 1. The summed E-state index contributed by atoms with van der Waals surface area (Å²) in [5.41, 5.74) is 7.56. The van der Waals surface area contributed by atoms with E-state index in [2.05, 4.69) is 4.98 Å². The third-order valence-electron chi connectivity index (χ3n) is 3.55. The van der Waals surface area contributed by atoms with E-state index in [0.29, 0.717) is 22.0 Å². The normalized spacial score (nSPS) is 16.7. The number of nitriles is 1. The maximum atomic E-state index is 12.4. The molecule has 2 aromatic rings. The average molecular weight is 314 g/mol. The number of benzene rings is 1. The molecule has 1 aliphatic heterocycles. The number of ether oxygens (including phenoxy) is 1. The molecule has 1 atom stereocenters. The Hall–Kier alpha value is -2.71. The molecule has 0 bridgehead atoms. The Morgan fingerprint density at radius 2 is 2.05 bits per heavy atom. The lowest BCUT2D eigenvalue weighted by Gasteiger charge is -2.25. The predicted molar refractivity (Wildman–Crippen MR) is 82.5 cm³/mol. The highest BCUT2D eigenvalue weighted by Crippen LogP contribution is 2.40. The number of allylic oxidation sites excluding steroid dienone is 1. The van der Waals surface area contributed by atoms with Crippen molar-refractivity contribution in [3.63, 3.8) is 0 Å². The Balaban J connectivity index is 2.29. The summed E-state index contributed by atoms with van der Waals surface area (Å²) in [7, 11) is 0. The van der Waals surface area contributed by atoms with E-state index < -0.39 is 5.92 Å². The smallest absolute Gasteiger partial charge is 0.256 e. The van der Waals surface area contributed by atoms with Gasteiger partial charge in [0.05, 0.1) is 11.5 Å². The highest BCUT2D eigenvalue weighted by atomic mass is 35.5. The van der Waals surface area contributed by atoms with Gasteiger partial charge >= 0.3 is 0 Å². The van der Waals surface area contributed by atoms with Gasteiger partial charge in [0.25, 0.3) is 5.56 Å². The van der Waals surface area contributed by atoms with Gasteiger partial charge in [-0.3, -0.25) is 4.79 Å². The van der Waals surface area contributed by atoms with Crippen molar-refractivity contribution in [2.45, 2.75) is 12.8 Å². The van der Waals surface area contributed by atoms with Crippen LogP contribution in [0.25, 0.3) is 0 Å². The van der Waals surface area contributed by atoms with Crippen LogP contribution in [-0.2, 0) is 0 Å². The first-order chi connectivity index (χ1) is 10.5. The Bertz CT molecular complexity index is 876. The molecule has 2 heterocycles. The molecule has 0 aliphatic carbocycles. The van der Waals surface area contributed by atoms with E-state index in [1.165, 1.54) is 0 Å². The number of fused-ring (bicyclic) bond motifs is 1. The first kappa shape index (κ1) is 14.2. The topological polar surface area (TPSA) is 91.9 Å². The van der Waals surface area contributed by atoms with E-state index in [0.717, 1.165) is 5.56 Å². The number of aromatic amines is 1. The second-order valence-electron chi connectivity index (χ2n) is 5.04. The fourth-order valence-corrected chi connectivity index (χ4v) is 2.72. The summed E-state index contributed by atoms with van der Waals surface area (Å²) < 4.78 is 5.46. The van der Waals surface area contributed by atoms with E-state index in [9.17, 15) is 10.1 Å². The zero-order valence-electron chi connectivity index (χ0n) is 11.7. The maximum absolute atomic E-state index is 12.4. The average Bonchev–Trinajstić information content (AvgIpc) is 2.46. The summed E-state index contributed by atoms with van der Waals surface area (Å²) in [4.78, 5) is 15.1. The van der Waals surface area contributed by atoms with Crippen LogP contribution in [0.1, 0.15) is 22.7 Å². The van der Waals surface area contributed by atoms with Gasteiger partial charge < -0.3 is 15.5 Å². The monoisotopic (exact) mass is 313 g/mol. The van der Waals surface area contributed by atoms with Gasteiger partial charge in [0.2, 0.25) is 5.88 Å². The van der Waals surface area contributed by atoms with Gasteiger partial charge in [-0.25, -0.2) is 0 Å². The van der Waals surface area contributed by atoms with Gasteiger partial charge in [0.1, 0.15) is 17.4 Å². The SMILES string of the molecule is Cc1cc2c(c(=O)[nH]1)C(c1ccc(Cl)cc1)C(C#N)=C(N)O2. The van der Waals surface area contributed by atoms with Crippen molar-refractivity contribution in [3.8, 4) is 11.8 Å². The van der Waals surface area contributed by atoms with Crippen molar-refractivity contribution >= 4 is 11.6 Å². The second-order valence-corrected chi connectivity index (χ2v) is 5.47. The number of hydrogen-bond acceptors (Lipinski definition) is 4. The second kappa shape index (κ2) is 5.24. The summed E-state index contributed by atoms with van der Waals surface area (Å²) in [5, 5.41) is 9.99. The van der Waals surface area contributed by atoms with Crippen LogP contribution in [0, 0.1) is 18.3 Å². The van der Waals surface area contributed by atoms with Crippen molar-refractivity contribution < 1.29 is 4.74 Å². The van der Waals surface area contributed by atoms with Gasteiger partial charge in [-0.15, -0.1) is 0 Å². The minimum absolute atomic E-state index is 0.0138. The van der Waals surface area contributed by atoms with Crippen LogP contribution in [-0.4, -0.2) is 4.98 Å². The molecule has 0 saturated carbocycles. The third kappa shape index (κ3) is 2.24. The number of aromatic nitrogens is 1. The van der Waals surface area contributed by atoms with E-state index in [-0.39, 0.29) is 17.0 Å². The number of rotatable bonds is 1. The van der Waals surface area contributed by atoms with Crippen molar-refractivity contribution in [1.29, 1.82) is 5.26 Å². The lowest BCUT2D eigenvalue weighted by Crippen LogP contribution is -2.27. The molecular formula is C16H12ClN3O2. The third-order valence-corrected chi connectivity index (χ3v) is 3.81. The summed E-state index contributed by atoms with van der Waals surface area (Å²) in [6.07, 6.45) is 0. The molecule has 0 fully saturated rings. The molecule has 1 unspecified atom stereocenters. The largest absolute Gasteiger partial charge is 0.440 e. The highest BCUT2D eigenvalue weighted by Gasteiger charge is 2.33. The van der Waals surface area contributed by atoms with Crippen molar-refractivity contribution in [2.24, 2.45) is 5.73 Å². The minimum Gasteiger partial charge on any atom is -0.440 e. The molecule has 3 N–H and O–H groups in total. The van der Waals surface area contributed by atoms with Gasteiger partial charge in [-0.1, -0.05) is 23.7 Å². The van der Waals surface area contributed by atoms with Crippen LogP contribution in [0.5, 0.6) is 5.75 Å². The molecule has 1 aromatic carbocycles. The molecule has 1 aliphatic rings. The Labute approximate surface area is 131 Å². The number of hydrogen-bond donors (Lipinski definition) is 2. The van der Waals surface area contributed by atoms with Crippen LogP contribution in [0.4, 0.5) is 0 Å². The van der Waals surface area contributed by atoms with Gasteiger partial charge in [0.15, 0.2) is 0 Å². The molecule has 5 nitrogen and oxygen atoms in total. The van der Waals surface area contributed by atoms with Crippen LogP contribution in [0.3, 0.4) is 0 Å². The summed E-state index contributed by atoms with van der Waals surface area (Å²) in [6.45, 7) is 1.75. The molecule has 0 spiro atoms. The van der Waals surface area contributed by atoms with Crippen molar-refractivity contribution in [2.75, 3.05) is 0 Å². The quantitative estimate of drug-likeness (QED) is 0.846. The fourth-order valence-electron chi connectivity index (χ4n) is 2.59. The van der Waals surface area contributed by atoms with Gasteiger partial charge in [-0.2, -0.15) is 5.26 Å². The molecule has 0 radical (unpaired) electrons. The molecule has 22 heavy (non-hydrogen) atoms. The standard InChI is InChI=1S/C16H12ClN3O2/c1-8-6-12-14(16(21)20-8)13(11(7-18)15(19)22-12)9-2-4-10(17)5-3-9/h2-6,13H,19H2,1H3,(H,20,21).